The lowest BCUT2D eigenvalue weighted by Gasteiger charge is -2.11. The Bertz CT molecular complexity index is 382. The molecule has 2 N–H and O–H groups in total. The van der Waals surface area contributed by atoms with Gasteiger partial charge in [0.15, 0.2) is 6.29 Å². The van der Waals surface area contributed by atoms with Gasteiger partial charge in [0.2, 0.25) is 0 Å². The van der Waals surface area contributed by atoms with Crippen LogP contribution in [0.3, 0.4) is 0 Å². The summed E-state index contributed by atoms with van der Waals surface area (Å²) in [4.78, 5) is 0. The molecule has 1 heterocycles. The predicted octanol–water partition coefficient (Wildman–Crippen LogP) is 0.916. The number of rotatable bonds is 1. The highest BCUT2D eigenvalue weighted by Crippen LogP contribution is 2.26. The summed E-state index contributed by atoms with van der Waals surface area (Å²) < 4.78 is 14.7. The number of halogens is 1. The molecule has 0 radical (unpaired) electrons. The SMILES string of the molecule is Cn1c(C(O)O)cc2c1C=CC(F)C2. The summed E-state index contributed by atoms with van der Waals surface area (Å²) in [6.07, 6.45) is 1.00. The minimum Gasteiger partial charge on any atom is -0.363 e. The number of aliphatic hydroxyl groups is 2. The fourth-order valence-electron chi connectivity index (χ4n) is 1.81. The Labute approximate surface area is 81.1 Å². The van der Waals surface area contributed by atoms with Gasteiger partial charge in [0, 0.05) is 19.2 Å². The van der Waals surface area contributed by atoms with Gasteiger partial charge in [-0.2, -0.15) is 0 Å². The highest BCUT2D eigenvalue weighted by molar-refractivity contribution is 5.56. The fraction of sp³-hybridized carbons (Fsp3) is 0.400. The van der Waals surface area contributed by atoms with Crippen molar-refractivity contribution in [2.24, 2.45) is 7.05 Å². The van der Waals surface area contributed by atoms with Gasteiger partial charge in [0.25, 0.3) is 0 Å². The molecule has 1 aromatic heterocycles. The van der Waals surface area contributed by atoms with Gasteiger partial charge < -0.3 is 14.8 Å². The van der Waals surface area contributed by atoms with Crippen LogP contribution in [-0.4, -0.2) is 21.0 Å². The van der Waals surface area contributed by atoms with E-state index in [-0.39, 0.29) is 0 Å². The molecule has 0 aliphatic heterocycles. The molecule has 1 unspecified atom stereocenters. The average Bonchev–Trinajstić information content (AvgIpc) is 2.43. The number of alkyl halides is 1. The molecule has 1 atom stereocenters. The summed E-state index contributed by atoms with van der Waals surface area (Å²) >= 11 is 0. The monoisotopic (exact) mass is 197 g/mol. The molecule has 0 saturated heterocycles. The zero-order valence-electron chi connectivity index (χ0n) is 7.81. The Balaban J connectivity index is 2.48. The number of hydrogen-bond donors (Lipinski definition) is 2. The Morgan fingerprint density at radius 1 is 1.57 bits per heavy atom. The first-order valence-electron chi connectivity index (χ1n) is 4.46. The van der Waals surface area contributed by atoms with E-state index >= 15 is 0 Å². The lowest BCUT2D eigenvalue weighted by Crippen LogP contribution is -2.08. The van der Waals surface area contributed by atoms with Gasteiger partial charge in [0.05, 0.1) is 5.69 Å². The van der Waals surface area contributed by atoms with Crippen molar-refractivity contribution in [3.63, 3.8) is 0 Å². The van der Waals surface area contributed by atoms with Crippen LogP contribution in [0.1, 0.15) is 23.2 Å². The van der Waals surface area contributed by atoms with E-state index in [0.29, 0.717) is 12.1 Å². The van der Waals surface area contributed by atoms with E-state index in [9.17, 15) is 4.39 Å². The van der Waals surface area contributed by atoms with Gasteiger partial charge in [-0.05, 0) is 23.8 Å². The van der Waals surface area contributed by atoms with Crippen molar-refractivity contribution in [3.8, 4) is 0 Å². The zero-order valence-corrected chi connectivity index (χ0v) is 7.81. The van der Waals surface area contributed by atoms with Crippen LogP contribution in [0, 0.1) is 0 Å². The summed E-state index contributed by atoms with van der Waals surface area (Å²) in [5, 5.41) is 18.1. The van der Waals surface area contributed by atoms with Crippen LogP contribution in [0.5, 0.6) is 0 Å². The van der Waals surface area contributed by atoms with Gasteiger partial charge in [0.1, 0.15) is 6.17 Å². The van der Waals surface area contributed by atoms with Gasteiger partial charge in [-0.1, -0.05) is 0 Å². The van der Waals surface area contributed by atoms with E-state index in [0.717, 1.165) is 11.3 Å². The topological polar surface area (TPSA) is 45.4 Å². The molecule has 0 fully saturated rings. The standard InChI is InChI=1S/C10H12FNO2/c1-12-8-3-2-7(11)4-6(8)5-9(12)10(13)14/h2-3,5,7,10,13-14H,4H2,1H3. The van der Waals surface area contributed by atoms with Crippen LogP contribution in [0.25, 0.3) is 6.08 Å². The number of aromatic nitrogens is 1. The highest BCUT2D eigenvalue weighted by atomic mass is 19.1. The van der Waals surface area contributed by atoms with Crippen LogP contribution in [-0.2, 0) is 13.5 Å². The quantitative estimate of drug-likeness (QED) is 0.657. The average molecular weight is 197 g/mol. The zero-order chi connectivity index (χ0) is 10.3. The summed E-state index contributed by atoms with van der Waals surface area (Å²) in [5.74, 6) is 0. The van der Waals surface area contributed by atoms with E-state index in [1.165, 1.54) is 6.08 Å². The molecule has 0 spiro atoms. The third kappa shape index (κ3) is 1.36. The van der Waals surface area contributed by atoms with E-state index in [2.05, 4.69) is 0 Å². The molecule has 1 aliphatic rings. The first kappa shape index (κ1) is 9.43. The van der Waals surface area contributed by atoms with Gasteiger partial charge in [-0.25, -0.2) is 4.39 Å². The molecular formula is C10H12FNO2. The van der Waals surface area contributed by atoms with Crippen molar-refractivity contribution in [1.29, 1.82) is 0 Å². The minimum atomic E-state index is -1.50. The Morgan fingerprint density at radius 2 is 2.29 bits per heavy atom. The summed E-state index contributed by atoms with van der Waals surface area (Å²) in [6.45, 7) is 0. The molecule has 3 nitrogen and oxygen atoms in total. The maximum Gasteiger partial charge on any atom is 0.194 e. The molecule has 0 saturated carbocycles. The summed E-state index contributed by atoms with van der Waals surface area (Å²) in [5.41, 5.74) is 2.07. The molecule has 2 rings (SSSR count). The third-order valence-electron chi connectivity index (χ3n) is 2.54. The van der Waals surface area contributed by atoms with Crippen molar-refractivity contribution in [2.45, 2.75) is 18.9 Å². The number of allylic oxidation sites excluding steroid dienone is 1. The molecule has 1 aliphatic carbocycles. The minimum absolute atomic E-state index is 0.312. The van der Waals surface area contributed by atoms with Crippen molar-refractivity contribution in [3.05, 3.63) is 29.1 Å². The molecule has 76 valence electrons. The number of hydrogen-bond acceptors (Lipinski definition) is 2. The number of aliphatic hydroxyl groups excluding tert-OH is 1. The largest absolute Gasteiger partial charge is 0.363 e. The van der Waals surface area contributed by atoms with E-state index < -0.39 is 12.5 Å². The molecule has 0 amide bonds. The van der Waals surface area contributed by atoms with Crippen LogP contribution >= 0.6 is 0 Å². The maximum atomic E-state index is 13.0. The van der Waals surface area contributed by atoms with Gasteiger partial charge in [-0.15, -0.1) is 0 Å². The molecule has 1 aromatic rings. The Morgan fingerprint density at radius 3 is 2.93 bits per heavy atom. The molecular weight excluding hydrogens is 185 g/mol. The van der Waals surface area contributed by atoms with Crippen molar-refractivity contribution in [2.75, 3.05) is 0 Å². The van der Waals surface area contributed by atoms with Crippen LogP contribution < -0.4 is 0 Å². The summed E-state index contributed by atoms with van der Waals surface area (Å²) in [7, 11) is 1.73. The molecule has 0 bridgehead atoms. The smallest absolute Gasteiger partial charge is 0.194 e. The lowest BCUT2D eigenvalue weighted by atomic mass is 10.0. The molecule has 0 aromatic carbocycles. The fourth-order valence-corrected chi connectivity index (χ4v) is 1.81. The van der Waals surface area contributed by atoms with Crippen molar-refractivity contribution < 1.29 is 14.6 Å². The van der Waals surface area contributed by atoms with E-state index in [4.69, 9.17) is 10.2 Å². The van der Waals surface area contributed by atoms with Gasteiger partial charge in [-0.3, -0.25) is 0 Å². The number of fused-ring (bicyclic) bond motifs is 1. The normalized spacial score (nSPS) is 20.2. The van der Waals surface area contributed by atoms with Crippen LogP contribution in [0.15, 0.2) is 12.1 Å². The first-order valence-corrected chi connectivity index (χ1v) is 4.46. The first-order chi connectivity index (χ1) is 6.59. The third-order valence-corrected chi connectivity index (χ3v) is 2.54. The predicted molar refractivity (Wildman–Crippen MR) is 50.2 cm³/mol. The van der Waals surface area contributed by atoms with E-state index in [1.54, 1.807) is 23.8 Å². The van der Waals surface area contributed by atoms with Crippen LogP contribution in [0.4, 0.5) is 4.39 Å². The molecule has 4 heteroatoms. The van der Waals surface area contributed by atoms with E-state index in [1.807, 2.05) is 0 Å². The number of nitrogens with zero attached hydrogens (tertiary/aromatic N) is 1. The Hall–Kier alpha value is -1.13. The second-order valence-electron chi connectivity index (χ2n) is 3.49. The Kier molecular flexibility index (Phi) is 2.17. The molecule has 14 heavy (non-hydrogen) atoms. The van der Waals surface area contributed by atoms with Gasteiger partial charge >= 0.3 is 0 Å². The van der Waals surface area contributed by atoms with Crippen molar-refractivity contribution >= 4 is 6.08 Å². The summed E-state index contributed by atoms with van der Waals surface area (Å²) in [6, 6.07) is 1.64. The van der Waals surface area contributed by atoms with Crippen molar-refractivity contribution in [1.82, 2.24) is 4.57 Å². The highest BCUT2D eigenvalue weighted by Gasteiger charge is 2.20. The lowest BCUT2D eigenvalue weighted by molar-refractivity contribution is -0.0477. The van der Waals surface area contributed by atoms with Crippen LogP contribution in [0.2, 0.25) is 0 Å². The second kappa shape index (κ2) is 3.22. The maximum absolute atomic E-state index is 13.0. The second-order valence-corrected chi connectivity index (χ2v) is 3.49.